The highest BCUT2D eigenvalue weighted by molar-refractivity contribution is 7.12. The van der Waals surface area contributed by atoms with E-state index in [1.807, 2.05) is 49.4 Å². The zero-order valence-electron chi connectivity index (χ0n) is 10.5. The average Bonchev–Trinajstić information content (AvgIpc) is 2.77. The second-order valence-corrected chi connectivity index (χ2v) is 5.78. The van der Waals surface area contributed by atoms with Crippen LogP contribution in [0.5, 0.6) is 0 Å². The first-order chi connectivity index (χ1) is 8.59. The molecule has 2 nitrogen and oxygen atoms in total. The Morgan fingerprint density at radius 2 is 1.83 bits per heavy atom. The highest BCUT2D eigenvalue weighted by Crippen LogP contribution is 2.36. The molecule has 0 spiro atoms. The normalized spacial score (nSPS) is 14.1. The fourth-order valence-electron chi connectivity index (χ4n) is 2.12. The Morgan fingerprint density at radius 1 is 1.17 bits per heavy atom. The minimum atomic E-state index is -0.755. The first kappa shape index (κ1) is 12.8. The summed E-state index contributed by atoms with van der Waals surface area (Å²) in [5.41, 5.74) is 1.06. The number of benzene rings is 1. The molecule has 1 aromatic carbocycles. The second-order valence-electron chi connectivity index (χ2n) is 4.46. The van der Waals surface area contributed by atoms with E-state index in [1.54, 1.807) is 18.3 Å². The summed E-state index contributed by atoms with van der Waals surface area (Å²) >= 11 is 1.67. The van der Waals surface area contributed by atoms with Crippen molar-refractivity contribution >= 4 is 17.3 Å². The van der Waals surface area contributed by atoms with Crippen LogP contribution in [0.3, 0.4) is 0 Å². The van der Waals surface area contributed by atoms with E-state index >= 15 is 0 Å². The van der Waals surface area contributed by atoms with Gasteiger partial charge in [-0.25, -0.2) is 0 Å². The van der Waals surface area contributed by atoms with Gasteiger partial charge in [0.05, 0.1) is 5.92 Å². The van der Waals surface area contributed by atoms with Gasteiger partial charge in [-0.2, -0.15) is 0 Å². The lowest BCUT2D eigenvalue weighted by Gasteiger charge is -2.20. The van der Waals surface area contributed by atoms with Gasteiger partial charge in [0, 0.05) is 15.7 Å². The maximum absolute atomic E-state index is 11.3. The molecular weight excluding hydrogens is 244 g/mol. The van der Waals surface area contributed by atoms with Crippen molar-refractivity contribution in [1.29, 1.82) is 0 Å². The lowest BCUT2D eigenvalue weighted by molar-refractivity contribution is -0.141. The predicted molar refractivity (Wildman–Crippen MR) is 74.1 cm³/mol. The third-order valence-electron chi connectivity index (χ3n) is 3.12. The Bertz CT molecular complexity index is 530. The summed E-state index contributed by atoms with van der Waals surface area (Å²) in [5.74, 6) is -1.25. The number of carboxylic acid groups (broad SMARTS) is 1. The first-order valence-corrected chi connectivity index (χ1v) is 6.75. The minimum Gasteiger partial charge on any atom is -0.481 e. The number of carbonyl (C=O) groups is 1. The van der Waals surface area contributed by atoms with Gasteiger partial charge in [0.2, 0.25) is 0 Å². The van der Waals surface area contributed by atoms with Crippen LogP contribution >= 0.6 is 11.3 Å². The Labute approximate surface area is 111 Å². The molecule has 0 saturated heterocycles. The molecule has 0 radical (unpaired) electrons. The maximum Gasteiger partial charge on any atom is 0.307 e. The van der Waals surface area contributed by atoms with Gasteiger partial charge in [-0.05, 0) is 24.6 Å². The lowest BCUT2D eigenvalue weighted by Crippen LogP contribution is -2.19. The maximum atomic E-state index is 11.3. The number of hydrogen-bond acceptors (Lipinski definition) is 2. The second kappa shape index (κ2) is 5.36. The van der Waals surface area contributed by atoms with Crippen LogP contribution < -0.4 is 0 Å². The molecule has 2 unspecified atom stereocenters. The van der Waals surface area contributed by atoms with Gasteiger partial charge in [0.25, 0.3) is 0 Å². The van der Waals surface area contributed by atoms with Crippen LogP contribution in [-0.4, -0.2) is 11.1 Å². The van der Waals surface area contributed by atoms with Crippen LogP contribution in [0.25, 0.3) is 0 Å². The van der Waals surface area contributed by atoms with Crippen LogP contribution in [0.15, 0.2) is 42.5 Å². The minimum absolute atomic E-state index is 0.0672. The molecule has 0 fully saturated rings. The molecule has 3 heteroatoms. The van der Waals surface area contributed by atoms with Crippen LogP contribution in [0, 0.1) is 12.8 Å². The monoisotopic (exact) mass is 260 g/mol. The lowest BCUT2D eigenvalue weighted by atomic mass is 9.86. The molecule has 2 rings (SSSR count). The van der Waals surface area contributed by atoms with Gasteiger partial charge in [0.15, 0.2) is 0 Å². The van der Waals surface area contributed by atoms with Gasteiger partial charge >= 0.3 is 5.97 Å². The van der Waals surface area contributed by atoms with Gasteiger partial charge in [-0.15, -0.1) is 11.3 Å². The zero-order valence-corrected chi connectivity index (χ0v) is 11.3. The summed E-state index contributed by atoms with van der Waals surface area (Å²) < 4.78 is 0. The van der Waals surface area contributed by atoms with Crippen molar-refractivity contribution in [3.05, 3.63) is 57.8 Å². The van der Waals surface area contributed by atoms with E-state index in [1.165, 1.54) is 4.88 Å². The number of thiophene rings is 1. The standard InChI is InChI=1S/C15H16O2S/c1-10-8-9-13(18-10)14(11(2)15(16)17)12-6-4-3-5-7-12/h3-9,11,14H,1-2H3,(H,16,17). The Balaban J connectivity index is 2.44. The van der Waals surface area contributed by atoms with Gasteiger partial charge < -0.3 is 5.11 Å². The molecule has 1 heterocycles. The van der Waals surface area contributed by atoms with E-state index < -0.39 is 11.9 Å². The summed E-state index contributed by atoms with van der Waals surface area (Å²) in [4.78, 5) is 13.6. The smallest absolute Gasteiger partial charge is 0.307 e. The molecule has 2 atom stereocenters. The number of rotatable bonds is 4. The third kappa shape index (κ3) is 2.62. The van der Waals surface area contributed by atoms with Crippen LogP contribution in [0.2, 0.25) is 0 Å². The van der Waals surface area contributed by atoms with Crippen LogP contribution in [0.4, 0.5) is 0 Å². The molecule has 0 aliphatic heterocycles. The number of hydrogen-bond donors (Lipinski definition) is 1. The van der Waals surface area contributed by atoms with E-state index in [0.29, 0.717) is 0 Å². The van der Waals surface area contributed by atoms with Gasteiger partial charge in [-0.3, -0.25) is 4.79 Å². The molecule has 18 heavy (non-hydrogen) atoms. The summed E-state index contributed by atoms with van der Waals surface area (Å²) in [7, 11) is 0. The number of carboxylic acids is 1. The summed E-state index contributed by atoms with van der Waals surface area (Å²) in [6.45, 7) is 3.82. The van der Waals surface area contributed by atoms with Crippen molar-refractivity contribution in [3.8, 4) is 0 Å². The summed E-state index contributed by atoms with van der Waals surface area (Å²) in [5, 5.41) is 9.29. The average molecular weight is 260 g/mol. The fraction of sp³-hybridized carbons (Fsp3) is 0.267. The Kier molecular flexibility index (Phi) is 3.82. The van der Waals surface area contributed by atoms with Crippen molar-refractivity contribution in [2.75, 3.05) is 0 Å². The molecule has 1 aromatic heterocycles. The molecule has 94 valence electrons. The molecule has 0 aliphatic carbocycles. The summed E-state index contributed by atoms with van der Waals surface area (Å²) in [6.07, 6.45) is 0. The van der Waals surface area contributed by atoms with E-state index in [4.69, 9.17) is 0 Å². The molecular formula is C15H16O2S. The first-order valence-electron chi connectivity index (χ1n) is 5.93. The molecule has 0 saturated carbocycles. The van der Waals surface area contributed by atoms with E-state index in [2.05, 4.69) is 0 Å². The Morgan fingerprint density at radius 3 is 2.33 bits per heavy atom. The predicted octanol–water partition coefficient (Wildman–Crippen LogP) is 3.91. The molecule has 1 N–H and O–H groups in total. The van der Waals surface area contributed by atoms with Crippen molar-refractivity contribution < 1.29 is 9.90 Å². The number of aryl methyl sites for hydroxylation is 1. The van der Waals surface area contributed by atoms with E-state index in [0.717, 1.165) is 10.4 Å². The summed E-state index contributed by atoms with van der Waals surface area (Å²) in [6, 6.07) is 13.9. The SMILES string of the molecule is Cc1ccc(C(c2ccccc2)C(C)C(=O)O)s1. The van der Waals surface area contributed by atoms with Crippen molar-refractivity contribution in [2.24, 2.45) is 5.92 Å². The van der Waals surface area contributed by atoms with E-state index in [-0.39, 0.29) is 5.92 Å². The highest BCUT2D eigenvalue weighted by Gasteiger charge is 2.27. The van der Waals surface area contributed by atoms with Gasteiger partial charge in [0.1, 0.15) is 0 Å². The fourth-order valence-corrected chi connectivity index (χ4v) is 3.23. The zero-order chi connectivity index (χ0) is 13.1. The van der Waals surface area contributed by atoms with Crippen LogP contribution in [0.1, 0.15) is 28.2 Å². The van der Waals surface area contributed by atoms with Crippen LogP contribution in [-0.2, 0) is 4.79 Å². The van der Waals surface area contributed by atoms with Gasteiger partial charge in [-0.1, -0.05) is 37.3 Å². The molecule has 0 aliphatic rings. The molecule has 0 bridgehead atoms. The van der Waals surface area contributed by atoms with E-state index in [9.17, 15) is 9.90 Å². The topological polar surface area (TPSA) is 37.3 Å². The quantitative estimate of drug-likeness (QED) is 0.905. The highest BCUT2D eigenvalue weighted by atomic mass is 32.1. The van der Waals surface area contributed by atoms with Crippen molar-refractivity contribution in [1.82, 2.24) is 0 Å². The van der Waals surface area contributed by atoms with Crippen molar-refractivity contribution in [2.45, 2.75) is 19.8 Å². The number of aliphatic carboxylic acids is 1. The molecule has 2 aromatic rings. The molecule has 0 amide bonds. The van der Waals surface area contributed by atoms with Crippen molar-refractivity contribution in [3.63, 3.8) is 0 Å². The Hall–Kier alpha value is -1.61. The largest absolute Gasteiger partial charge is 0.481 e. The third-order valence-corrected chi connectivity index (χ3v) is 4.20.